The summed E-state index contributed by atoms with van der Waals surface area (Å²) in [5.74, 6) is 0.651. The van der Waals surface area contributed by atoms with Crippen molar-refractivity contribution in [1.82, 2.24) is 14.9 Å². The predicted octanol–water partition coefficient (Wildman–Crippen LogP) is 2.60. The van der Waals surface area contributed by atoms with Gasteiger partial charge in [-0.15, -0.1) is 0 Å². The van der Waals surface area contributed by atoms with Crippen LogP contribution in [0.25, 0.3) is 11.0 Å². The monoisotopic (exact) mass is 235 g/mol. The van der Waals surface area contributed by atoms with Crippen LogP contribution in [0.2, 0.25) is 0 Å². The van der Waals surface area contributed by atoms with Gasteiger partial charge in [0.1, 0.15) is 17.2 Å². The van der Waals surface area contributed by atoms with Gasteiger partial charge in [-0.3, -0.25) is 0 Å². The second-order valence-electron chi connectivity index (χ2n) is 4.38. The maximum absolute atomic E-state index is 13.6. The van der Waals surface area contributed by atoms with Gasteiger partial charge < -0.3 is 9.88 Å². The topological polar surface area (TPSA) is 29.9 Å². The molecule has 0 saturated heterocycles. The molecule has 2 aromatic rings. The van der Waals surface area contributed by atoms with E-state index in [2.05, 4.69) is 24.1 Å². The summed E-state index contributed by atoms with van der Waals surface area (Å²) in [4.78, 5) is 4.44. The Labute approximate surface area is 101 Å². The van der Waals surface area contributed by atoms with Crippen LogP contribution in [0, 0.1) is 5.82 Å². The molecular formula is C13H18FN3. The first-order chi connectivity index (χ1) is 8.13. The number of aryl methyl sites for hydroxylation is 1. The van der Waals surface area contributed by atoms with Crippen LogP contribution in [0.4, 0.5) is 4.39 Å². The predicted molar refractivity (Wildman–Crippen MR) is 67.3 cm³/mol. The molecule has 4 heteroatoms. The van der Waals surface area contributed by atoms with Gasteiger partial charge in [0.25, 0.3) is 0 Å². The van der Waals surface area contributed by atoms with E-state index in [1.165, 1.54) is 6.07 Å². The number of para-hydroxylation sites is 1. The molecule has 17 heavy (non-hydrogen) atoms. The van der Waals surface area contributed by atoms with Crippen LogP contribution in [-0.4, -0.2) is 15.6 Å². The van der Waals surface area contributed by atoms with Gasteiger partial charge >= 0.3 is 0 Å². The highest BCUT2D eigenvalue weighted by molar-refractivity contribution is 5.76. The van der Waals surface area contributed by atoms with Crippen molar-refractivity contribution >= 4 is 11.0 Å². The lowest BCUT2D eigenvalue weighted by atomic mass is 10.2. The molecule has 0 bridgehead atoms. The Morgan fingerprint density at radius 3 is 2.88 bits per heavy atom. The Morgan fingerprint density at radius 2 is 2.24 bits per heavy atom. The average Bonchev–Trinajstić information content (AvgIpc) is 2.64. The standard InChI is InChI=1S/C13H18FN3/c1-4-9(2)15-8-12-16-11-7-5-6-10(14)13(11)17(12)3/h5-7,9,15H,4,8H2,1-3H3. The Morgan fingerprint density at radius 1 is 1.47 bits per heavy atom. The highest BCUT2D eigenvalue weighted by atomic mass is 19.1. The minimum absolute atomic E-state index is 0.215. The SMILES string of the molecule is CCC(C)NCc1nc2cccc(F)c2n1C. The molecule has 0 aliphatic rings. The number of hydrogen-bond donors (Lipinski definition) is 1. The Hall–Kier alpha value is -1.42. The van der Waals surface area contributed by atoms with Crippen LogP contribution in [0.3, 0.4) is 0 Å². The molecule has 92 valence electrons. The summed E-state index contributed by atoms with van der Waals surface area (Å²) < 4.78 is 15.5. The minimum atomic E-state index is -0.215. The van der Waals surface area contributed by atoms with Crippen molar-refractivity contribution in [2.24, 2.45) is 7.05 Å². The normalized spacial score (nSPS) is 13.2. The second-order valence-corrected chi connectivity index (χ2v) is 4.38. The molecule has 1 aromatic heterocycles. The van der Waals surface area contributed by atoms with E-state index in [-0.39, 0.29) is 5.82 Å². The smallest absolute Gasteiger partial charge is 0.149 e. The highest BCUT2D eigenvalue weighted by Crippen LogP contribution is 2.18. The zero-order chi connectivity index (χ0) is 12.4. The van der Waals surface area contributed by atoms with E-state index < -0.39 is 0 Å². The fraction of sp³-hybridized carbons (Fsp3) is 0.462. The van der Waals surface area contributed by atoms with Gasteiger partial charge in [-0.25, -0.2) is 9.37 Å². The van der Waals surface area contributed by atoms with Crippen LogP contribution in [0.5, 0.6) is 0 Å². The van der Waals surface area contributed by atoms with Crippen LogP contribution in [-0.2, 0) is 13.6 Å². The maximum atomic E-state index is 13.6. The maximum Gasteiger partial charge on any atom is 0.149 e. The molecule has 1 heterocycles. The summed E-state index contributed by atoms with van der Waals surface area (Å²) >= 11 is 0. The number of rotatable bonds is 4. The Balaban J connectivity index is 2.30. The fourth-order valence-corrected chi connectivity index (χ4v) is 1.84. The second kappa shape index (κ2) is 4.84. The van der Waals surface area contributed by atoms with Crippen molar-refractivity contribution in [1.29, 1.82) is 0 Å². The summed E-state index contributed by atoms with van der Waals surface area (Å²) in [6.07, 6.45) is 1.07. The molecule has 1 unspecified atom stereocenters. The highest BCUT2D eigenvalue weighted by Gasteiger charge is 2.11. The number of nitrogens with zero attached hydrogens (tertiary/aromatic N) is 2. The number of imidazole rings is 1. The van der Waals surface area contributed by atoms with Crippen LogP contribution < -0.4 is 5.32 Å². The van der Waals surface area contributed by atoms with E-state index in [1.54, 1.807) is 6.07 Å². The number of fused-ring (bicyclic) bond motifs is 1. The zero-order valence-corrected chi connectivity index (χ0v) is 10.5. The molecule has 0 radical (unpaired) electrons. The van der Waals surface area contributed by atoms with Gasteiger partial charge in [0.15, 0.2) is 0 Å². The number of halogens is 1. The first-order valence-electron chi connectivity index (χ1n) is 5.96. The van der Waals surface area contributed by atoms with Crippen molar-refractivity contribution < 1.29 is 4.39 Å². The van der Waals surface area contributed by atoms with Crippen molar-refractivity contribution in [3.05, 3.63) is 29.8 Å². The molecule has 0 saturated carbocycles. The summed E-state index contributed by atoms with van der Waals surface area (Å²) in [7, 11) is 1.85. The summed E-state index contributed by atoms with van der Waals surface area (Å²) in [5, 5.41) is 3.36. The molecule has 1 N–H and O–H groups in total. The Bertz CT molecular complexity index is 519. The largest absolute Gasteiger partial charge is 0.328 e. The molecule has 0 aliphatic heterocycles. The van der Waals surface area contributed by atoms with Crippen molar-refractivity contribution in [2.45, 2.75) is 32.9 Å². The molecule has 3 nitrogen and oxygen atoms in total. The molecule has 1 atom stereocenters. The lowest BCUT2D eigenvalue weighted by Crippen LogP contribution is -2.25. The zero-order valence-electron chi connectivity index (χ0n) is 10.5. The third kappa shape index (κ3) is 2.31. The van der Waals surface area contributed by atoms with Gasteiger partial charge in [0, 0.05) is 13.1 Å². The van der Waals surface area contributed by atoms with E-state index in [4.69, 9.17) is 0 Å². The van der Waals surface area contributed by atoms with Crippen molar-refractivity contribution in [3.63, 3.8) is 0 Å². The summed E-state index contributed by atoms with van der Waals surface area (Å²) in [6, 6.07) is 5.44. The van der Waals surface area contributed by atoms with Gasteiger partial charge in [0.05, 0.1) is 12.1 Å². The van der Waals surface area contributed by atoms with Crippen molar-refractivity contribution in [3.8, 4) is 0 Å². The number of benzene rings is 1. The van der Waals surface area contributed by atoms with Crippen LogP contribution in [0.1, 0.15) is 26.1 Å². The minimum Gasteiger partial charge on any atom is -0.328 e. The molecule has 0 amide bonds. The molecule has 0 spiro atoms. The van der Waals surface area contributed by atoms with Gasteiger partial charge in [-0.05, 0) is 25.5 Å². The number of nitrogens with one attached hydrogen (secondary N) is 1. The molecule has 2 rings (SSSR count). The van der Waals surface area contributed by atoms with Gasteiger partial charge in [0.2, 0.25) is 0 Å². The quantitative estimate of drug-likeness (QED) is 0.882. The average molecular weight is 235 g/mol. The number of hydrogen-bond acceptors (Lipinski definition) is 2. The van der Waals surface area contributed by atoms with E-state index in [0.717, 1.165) is 12.2 Å². The molecule has 0 aliphatic carbocycles. The summed E-state index contributed by atoms with van der Waals surface area (Å²) in [6.45, 7) is 4.93. The van der Waals surface area contributed by atoms with E-state index in [1.807, 2.05) is 17.7 Å². The fourth-order valence-electron chi connectivity index (χ4n) is 1.84. The third-order valence-electron chi connectivity index (χ3n) is 3.16. The molecule has 1 aromatic carbocycles. The van der Waals surface area contributed by atoms with E-state index in [9.17, 15) is 4.39 Å². The van der Waals surface area contributed by atoms with Crippen LogP contribution in [0.15, 0.2) is 18.2 Å². The third-order valence-corrected chi connectivity index (χ3v) is 3.16. The van der Waals surface area contributed by atoms with Gasteiger partial charge in [-0.2, -0.15) is 0 Å². The van der Waals surface area contributed by atoms with Crippen LogP contribution >= 0.6 is 0 Å². The van der Waals surface area contributed by atoms with E-state index in [0.29, 0.717) is 23.6 Å². The molecule has 0 fully saturated rings. The first kappa shape index (κ1) is 12.0. The first-order valence-corrected chi connectivity index (χ1v) is 5.96. The summed E-state index contributed by atoms with van der Waals surface area (Å²) in [5.41, 5.74) is 1.29. The number of aromatic nitrogens is 2. The van der Waals surface area contributed by atoms with Gasteiger partial charge in [-0.1, -0.05) is 13.0 Å². The molecular weight excluding hydrogens is 217 g/mol. The van der Waals surface area contributed by atoms with E-state index >= 15 is 0 Å². The lowest BCUT2D eigenvalue weighted by Gasteiger charge is -2.10. The Kier molecular flexibility index (Phi) is 3.43. The van der Waals surface area contributed by atoms with Crippen molar-refractivity contribution in [2.75, 3.05) is 0 Å². The lowest BCUT2D eigenvalue weighted by molar-refractivity contribution is 0.516.